The molecule has 114 valence electrons. The van der Waals surface area contributed by atoms with Crippen LogP contribution in [0, 0.1) is 0 Å². The summed E-state index contributed by atoms with van der Waals surface area (Å²) in [7, 11) is 1.56. The van der Waals surface area contributed by atoms with Gasteiger partial charge in [-0.05, 0) is 43.3 Å². The lowest BCUT2D eigenvalue weighted by atomic mass is 10.1. The number of rotatable bonds is 3. The summed E-state index contributed by atoms with van der Waals surface area (Å²) in [5.41, 5.74) is 1.45. The van der Waals surface area contributed by atoms with Crippen molar-refractivity contribution in [2.75, 3.05) is 13.7 Å². The molecule has 1 aromatic carbocycles. The first kappa shape index (κ1) is 14.4. The van der Waals surface area contributed by atoms with Gasteiger partial charge in [-0.3, -0.25) is 9.59 Å². The molecule has 1 aromatic heterocycles. The first-order valence-electron chi connectivity index (χ1n) is 7.26. The maximum Gasteiger partial charge on any atom is 0.295 e. The van der Waals surface area contributed by atoms with Crippen LogP contribution in [0.5, 0.6) is 5.75 Å². The maximum atomic E-state index is 12.5. The summed E-state index contributed by atoms with van der Waals surface area (Å²) in [6.45, 7) is 3.21. The molecule has 2 heterocycles. The van der Waals surface area contributed by atoms with E-state index in [1.807, 2.05) is 25.3 Å². The molecule has 2 aromatic rings. The SMILES string of the molecule is COc1ccc(C(=O)C(=O)N2CCn3cccc3[C@@H]2C)cc1. The van der Waals surface area contributed by atoms with Crippen LogP contribution in [0.25, 0.3) is 0 Å². The molecule has 0 radical (unpaired) electrons. The van der Waals surface area contributed by atoms with Gasteiger partial charge in [-0.2, -0.15) is 0 Å². The molecule has 3 rings (SSSR count). The number of hydrogen-bond donors (Lipinski definition) is 0. The van der Waals surface area contributed by atoms with Gasteiger partial charge in [0.15, 0.2) is 0 Å². The fourth-order valence-corrected chi connectivity index (χ4v) is 2.85. The van der Waals surface area contributed by atoms with E-state index in [0.717, 1.165) is 5.69 Å². The van der Waals surface area contributed by atoms with Crippen molar-refractivity contribution in [1.82, 2.24) is 9.47 Å². The number of benzene rings is 1. The Morgan fingerprint density at radius 3 is 2.55 bits per heavy atom. The van der Waals surface area contributed by atoms with Crippen molar-refractivity contribution < 1.29 is 14.3 Å². The van der Waals surface area contributed by atoms with Crippen LogP contribution >= 0.6 is 0 Å². The lowest BCUT2D eigenvalue weighted by molar-refractivity contribution is -0.129. The Labute approximate surface area is 129 Å². The fourth-order valence-electron chi connectivity index (χ4n) is 2.85. The summed E-state index contributed by atoms with van der Waals surface area (Å²) in [5, 5.41) is 0. The number of carbonyl (C=O) groups excluding carboxylic acids is 2. The molecule has 0 N–H and O–H groups in total. The number of methoxy groups -OCH3 is 1. The average Bonchev–Trinajstić information content (AvgIpc) is 3.03. The molecule has 1 aliphatic heterocycles. The third-order valence-corrected chi connectivity index (χ3v) is 4.15. The lowest BCUT2D eigenvalue weighted by Crippen LogP contribution is -2.44. The smallest absolute Gasteiger partial charge is 0.295 e. The first-order chi connectivity index (χ1) is 10.6. The quantitative estimate of drug-likeness (QED) is 0.645. The van der Waals surface area contributed by atoms with Crippen LogP contribution in [0.2, 0.25) is 0 Å². The first-order valence-corrected chi connectivity index (χ1v) is 7.26. The fraction of sp³-hybridized carbons (Fsp3) is 0.294. The number of amides is 1. The van der Waals surface area contributed by atoms with Gasteiger partial charge in [-0.15, -0.1) is 0 Å². The molecule has 1 aliphatic rings. The van der Waals surface area contributed by atoms with Crippen LogP contribution in [0.3, 0.4) is 0 Å². The molecule has 1 atom stereocenters. The number of ketones is 1. The zero-order chi connectivity index (χ0) is 15.7. The summed E-state index contributed by atoms with van der Waals surface area (Å²) in [4.78, 5) is 26.6. The Morgan fingerprint density at radius 2 is 1.86 bits per heavy atom. The second-order valence-electron chi connectivity index (χ2n) is 5.36. The summed E-state index contributed by atoms with van der Waals surface area (Å²) in [6.07, 6.45) is 2.00. The van der Waals surface area contributed by atoms with Gasteiger partial charge in [0.2, 0.25) is 5.78 Å². The van der Waals surface area contributed by atoms with Crippen LogP contribution in [0.1, 0.15) is 29.0 Å². The highest BCUT2D eigenvalue weighted by molar-refractivity contribution is 6.42. The molecule has 0 spiro atoms. The second kappa shape index (κ2) is 5.67. The Kier molecular flexibility index (Phi) is 3.71. The van der Waals surface area contributed by atoms with Crippen molar-refractivity contribution in [3.63, 3.8) is 0 Å². The lowest BCUT2D eigenvalue weighted by Gasteiger charge is -2.34. The van der Waals surface area contributed by atoms with Gasteiger partial charge < -0.3 is 14.2 Å². The number of fused-ring (bicyclic) bond motifs is 1. The van der Waals surface area contributed by atoms with Crippen LogP contribution < -0.4 is 4.74 Å². The van der Waals surface area contributed by atoms with E-state index in [0.29, 0.717) is 24.4 Å². The van der Waals surface area contributed by atoms with E-state index in [1.165, 1.54) is 0 Å². The van der Waals surface area contributed by atoms with Gasteiger partial charge in [0.1, 0.15) is 5.75 Å². The molecule has 0 aliphatic carbocycles. The number of hydrogen-bond acceptors (Lipinski definition) is 3. The van der Waals surface area contributed by atoms with Gasteiger partial charge in [-0.25, -0.2) is 0 Å². The molecule has 5 heteroatoms. The van der Waals surface area contributed by atoms with Gasteiger partial charge in [0, 0.05) is 30.5 Å². The number of nitrogens with zero attached hydrogens (tertiary/aromatic N) is 2. The summed E-state index contributed by atoms with van der Waals surface area (Å²) >= 11 is 0. The van der Waals surface area contributed by atoms with Crippen molar-refractivity contribution in [3.8, 4) is 5.75 Å². The molecule has 0 fully saturated rings. The third kappa shape index (κ3) is 2.39. The van der Waals surface area contributed by atoms with Crippen molar-refractivity contribution in [2.24, 2.45) is 0 Å². The number of carbonyl (C=O) groups is 2. The van der Waals surface area contributed by atoms with E-state index in [1.54, 1.807) is 36.3 Å². The maximum absolute atomic E-state index is 12.5. The van der Waals surface area contributed by atoms with Gasteiger partial charge in [-0.1, -0.05) is 0 Å². The van der Waals surface area contributed by atoms with Crippen LogP contribution in [0.15, 0.2) is 42.6 Å². The standard InChI is InChI=1S/C17H18N2O3/c1-12-15-4-3-9-18(15)10-11-19(12)17(21)16(20)13-5-7-14(22-2)8-6-13/h3-9,12H,10-11H2,1-2H3/t12-/m0/s1. The monoisotopic (exact) mass is 298 g/mol. The van der Waals surface area contributed by atoms with Gasteiger partial charge >= 0.3 is 0 Å². The molecular formula is C17H18N2O3. The van der Waals surface area contributed by atoms with E-state index in [2.05, 4.69) is 4.57 Å². The zero-order valence-electron chi connectivity index (χ0n) is 12.7. The van der Waals surface area contributed by atoms with Gasteiger partial charge in [0.05, 0.1) is 13.2 Å². The molecule has 0 saturated carbocycles. The molecule has 0 saturated heterocycles. The molecular weight excluding hydrogens is 280 g/mol. The van der Waals surface area contributed by atoms with Crippen molar-refractivity contribution in [1.29, 1.82) is 0 Å². The van der Waals surface area contributed by atoms with E-state index in [-0.39, 0.29) is 6.04 Å². The summed E-state index contributed by atoms with van der Waals surface area (Å²) in [5.74, 6) is -0.271. The highest BCUT2D eigenvalue weighted by Gasteiger charge is 2.31. The predicted molar refractivity (Wildman–Crippen MR) is 81.9 cm³/mol. The van der Waals surface area contributed by atoms with Crippen LogP contribution in [0.4, 0.5) is 0 Å². The highest BCUT2D eigenvalue weighted by atomic mass is 16.5. The summed E-state index contributed by atoms with van der Waals surface area (Å²) in [6, 6.07) is 10.5. The van der Waals surface area contributed by atoms with Gasteiger partial charge in [0.25, 0.3) is 5.91 Å². The molecule has 1 amide bonds. The van der Waals surface area contributed by atoms with Crippen molar-refractivity contribution in [3.05, 3.63) is 53.9 Å². The zero-order valence-corrected chi connectivity index (χ0v) is 12.7. The predicted octanol–water partition coefficient (Wildman–Crippen LogP) is 2.28. The number of Topliss-reactive ketones (excluding diaryl/α,β-unsaturated/α-hetero) is 1. The molecule has 22 heavy (non-hydrogen) atoms. The van der Waals surface area contributed by atoms with Crippen LogP contribution in [-0.2, 0) is 11.3 Å². The van der Waals surface area contributed by atoms with Crippen molar-refractivity contribution in [2.45, 2.75) is 19.5 Å². The van der Waals surface area contributed by atoms with Crippen molar-refractivity contribution >= 4 is 11.7 Å². The van der Waals surface area contributed by atoms with E-state index in [9.17, 15) is 9.59 Å². The molecule has 5 nitrogen and oxygen atoms in total. The molecule has 0 bridgehead atoms. The largest absolute Gasteiger partial charge is 0.497 e. The third-order valence-electron chi connectivity index (χ3n) is 4.15. The average molecular weight is 298 g/mol. The topological polar surface area (TPSA) is 51.5 Å². The summed E-state index contributed by atoms with van der Waals surface area (Å²) < 4.78 is 7.18. The van der Waals surface area contributed by atoms with E-state index in [4.69, 9.17) is 4.74 Å². The Hall–Kier alpha value is -2.56. The Balaban J connectivity index is 1.80. The minimum atomic E-state index is -0.477. The van der Waals surface area contributed by atoms with E-state index >= 15 is 0 Å². The van der Waals surface area contributed by atoms with Crippen LogP contribution in [-0.4, -0.2) is 34.8 Å². The minimum absolute atomic E-state index is 0.0987. The number of ether oxygens (including phenoxy) is 1. The number of aromatic nitrogens is 1. The van der Waals surface area contributed by atoms with E-state index < -0.39 is 11.7 Å². The highest BCUT2D eigenvalue weighted by Crippen LogP contribution is 2.26. The molecule has 0 unspecified atom stereocenters. The Bertz CT molecular complexity index is 703. The second-order valence-corrected chi connectivity index (χ2v) is 5.36. The Morgan fingerprint density at radius 1 is 1.14 bits per heavy atom. The normalized spacial score (nSPS) is 17.0. The minimum Gasteiger partial charge on any atom is -0.497 e.